The van der Waals surface area contributed by atoms with Gasteiger partial charge in [0.15, 0.2) is 0 Å². The summed E-state index contributed by atoms with van der Waals surface area (Å²) in [4.78, 5) is 0. The van der Waals surface area contributed by atoms with Crippen LogP contribution in [0.15, 0.2) is 0 Å². The van der Waals surface area contributed by atoms with E-state index >= 15 is 0 Å². The second-order valence-corrected chi connectivity index (χ2v) is 0. The normalized spacial score (nSPS) is 2.00. The van der Waals surface area contributed by atoms with Crippen LogP contribution >= 0.6 is 0 Å². The van der Waals surface area contributed by atoms with Gasteiger partial charge in [-0.05, 0) is 0 Å². The minimum absolute atomic E-state index is 0.300. The second kappa shape index (κ2) is 33.0. The van der Waals surface area contributed by atoms with Crippen molar-refractivity contribution in [2.75, 3.05) is 0 Å². The van der Waals surface area contributed by atoms with E-state index < -0.39 is 0 Å². The molecule has 0 aromatic heterocycles. The molecule has 0 N–H and O–H groups in total. The summed E-state index contributed by atoms with van der Waals surface area (Å²) in [5.41, 5.74) is 0. The molecule has 0 rings (SSSR count). The van der Waals surface area contributed by atoms with Crippen LogP contribution < -0.4 is 0 Å². The van der Waals surface area contributed by atoms with Crippen LogP contribution in [-0.2, 0) is 26.3 Å². The first kappa shape index (κ1) is 8.92. The molecule has 4 heavy (non-hydrogen) atoms. The third-order valence-electron chi connectivity index (χ3n) is 0. The van der Waals surface area contributed by atoms with Gasteiger partial charge in [0.25, 0.3) is 0 Å². The molecule has 22 valence electrons. The van der Waals surface area contributed by atoms with E-state index in [9.17, 15) is 0 Å². The Kier molecular flexibility index (Phi) is 73.5. The summed E-state index contributed by atoms with van der Waals surface area (Å²) in [5.74, 6) is 0. The van der Waals surface area contributed by atoms with Crippen LogP contribution in [0, 0.1) is 0 Å². The van der Waals surface area contributed by atoms with E-state index in [2.05, 4.69) is 0 Å². The predicted molar refractivity (Wildman–Crippen MR) is 7.13 cm³/mol. The zero-order valence-electron chi connectivity index (χ0n) is 1.72. The van der Waals surface area contributed by atoms with Gasteiger partial charge in [0.1, 0.15) is 0 Å². The summed E-state index contributed by atoms with van der Waals surface area (Å²) in [6.45, 7) is 0. The molecule has 0 saturated carbocycles. The first-order valence-electron chi connectivity index (χ1n) is 0.371. The SMILES string of the molecule is [O]=[Sn].[O]=[W]. The van der Waals surface area contributed by atoms with E-state index in [1.165, 1.54) is 0 Å². The molecule has 0 heterocycles. The molecule has 2 radical (unpaired) electrons. The van der Waals surface area contributed by atoms with Gasteiger partial charge in [0.05, 0.1) is 0 Å². The van der Waals surface area contributed by atoms with Crippen LogP contribution in [0.3, 0.4) is 0 Å². The van der Waals surface area contributed by atoms with Gasteiger partial charge in [-0.3, -0.25) is 0 Å². The molecule has 0 aliphatic carbocycles. The van der Waals surface area contributed by atoms with Gasteiger partial charge in [0, 0.05) is 0 Å². The fourth-order valence-corrected chi connectivity index (χ4v) is 0. The Morgan fingerprint density at radius 3 is 1.25 bits per heavy atom. The summed E-state index contributed by atoms with van der Waals surface area (Å²) < 4.78 is 16.7. The first-order chi connectivity index (χ1) is 2.00. The van der Waals surface area contributed by atoms with Crippen molar-refractivity contribution in [3.05, 3.63) is 0 Å². The summed E-state index contributed by atoms with van der Waals surface area (Å²) in [7, 11) is 0. The topological polar surface area (TPSA) is 34.1 Å². The molecular weight excluding hydrogens is 335 g/mol. The van der Waals surface area contributed by atoms with Gasteiger partial charge in [-0.2, -0.15) is 0 Å². The van der Waals surface area contributed by atoms with E-state index in [1.807, 2.05) is 0 Å². The molecular formula is O2SnW. The molecule has 0 aromatic carbocycles. The molecule has 0 saturated heterocycles. The zero-order valence-corrected chi connectivity index (χ0v) is 7.51. The Morgan fingerprint density at radius 1 is 1.25 bits per heavy atom. The summed E-state index contributed by atoms with van der Waals surface area (Å²) >= 11 is 0.633. The Balaban J connectivity index is 0. The van der Waals surface area contributed by atoms with Gasteiger partial charge in [-0.15, -0.1) is 0 Å². The number of hydrogen-bond donors (Lipinski definition) is 0. The van der Waals surface area contributed by atoms with Crippen molar-refractivity contribution >= 4 is 22.5 Å². The van der Waals surface area contributed by atoms with Crippen LogP contribution in [-0.4, -0.2) is 22.5 Å². The van der Waals surface area contributed by atoms with Gasteiger partial charge in [-0.25, -0.2) is 0 Å². The molecule has 0 aromatic rings. The fraction of sp³-hybridized carbons (Fsp3) is 0. The standard InChI is InChI=1S/2O.Sn.W. The van der Waals surface area contributed by atoms with Crippen LogP contribution in [0.2, 0.25) is 0 Å². The van der Waals surface area contributed by atoms with Crippen LogP contribution in [0.4, 0.5) is 0 Å². The van der Waals surface area contributed by atoms with Crippen LogP contribution in [0.25, 0.3) is 0 Å². The van der Waals surface area contributed by atoms with E-state index in [1.54, 1.807) is 0 Å². The third-order valence-corrected chi connectivity index (χ3v) is 0. The number of rotatable bonds is 0. The maximum absolute atomic E-state index is 8.34. The first-order valence-corrected chi connectivity index (χ1v) is 2.73. The monoisotopic (exact) mass is 336 g/mol. The molecule has 0 amide bonds. The zero-order chi connectivity index (χ0) is 4.00. The fourth-order valence-electron chi connectivity index (χ4n) is 0. The molecule has 0 spiro atoms. The molecule has 4 heteroatoms. The summed E-state index contributed by atoms with van der Waals surface area (Å²) in [5, 5.41) is 0. The van der Waals surface area contributed by atoms with Crippen molar-refractivity contribution < 1.29 is 26.3 Å². The Bertz CT molecular complexity index is 8.00. The van der Waals surface area contributed by atoms with Gasteiger partial charge < -0.3 is 0 Å². The molecule has 0 atom stereocenters. The third kappa shape index (κ3) is 11.4. The quantitative estimate of drug-likeness (QED) is 0.553. The van der Waals surface area contributed by atoms with E-state index in [0.29, 0.717) is 42.3 Å². The van der Waals surface area contributed by atoms with Crippen molar-refractivity contribution in [2.24, 2.45) is 0 Å². The number of hydrogen-bond acceptors (Lipinski definition) is 2. The van der Waals surface area contributed by atoms with E-state index in [-0.39, 0.29) is 0 Å². The van der Waals surface area contributed by atoms with E-state index in [4.69, 9.17) is 6.47 Å². The Labute approximate surface area is 48.6 Å². The van der Waals surface area contributed by atoms with Crippen molar-refractivity contribution in [2.45, 2.75) is 0 Å². The predicted octanol–water partition coefficient (Wildman–Crippen LogP) is -0.621. The molecule has 2 nitrogen and oxygen atoms in total. The second-order valence-electron chi connectivity index (χ2n) is 0. The maximum atomic E-state index is 8.34. The molecule has 0 fully saturated rings. The van der Waals surface area contributed by atoms with Crippen LogP contribution in [0.1, 0.15) is 0 Å². The molecule has 0 aliphatic heterocycles. The van der Waals surface area contributed by atoms with Gasteiger partial charge in [0.2, 0.25) is 0 Å². The average molecular weight is 335 g/mol. The summed E-state index contributed by atoms with van der Waals surface area (Å²) in [6, 6.07) is 0. The molecule has 0 unspecified atom stereocenters. The van der Waals surface area contributed by atoms with Crippen molar-refractivity contribution in [3.8, 4) is 0 Å². The molecule has 0 aliphatic rings. The van der Waals surface area contributed by atoms with E-state index in [0.717, 1.165) is 0 Å². The Morgan fingerprint density at radius 2 is 1.25 bits per heavy atom. The van der Waals surface area contributed by atoms with Gasteiger partial charge in [-0.1, -0.05) is 0 Å². The minimum atomic E-state index is 0.300. The average Bonchev–Trinajstić information content (AvgIpc) is 1.50. The summed E-state index contributed by atoms with van der Waals surface area (Å²) in [6.07, 6.45) is 0. The van der Waals surface area contributed by atoms with Crippen molar-refractivity contribution in [3.63, 3.8) is 0 Å². The van der Waals surface area contributed by atoms with Crippen molar-refractivity contribution in [1.82, 2.24) is 0 Å². The van der Waals surface area contributed by atoms with Gasteiger partial charge >= 0.3 is 48.8 Å². The van der Waals surface area contributed by atoms with Crippen molar-refractivity contribution in [1.29, 1.82) is 0 Å². The Hall–Kier alpha value is 1.09. The van der Waals surface area contributed by atoms with Crippen LogP contribution in [0.5, 0.6) is 0 Å². The molecule has 0 bridgehead atoms.